The van der Waals surface area contributed by atoms with Gasteiger partial charge in [-0.05, 0) is 56.2 Å². The molecule has 10 nitrogen and oxygen atoms in total. The van der Waals surface area contributed by atoms with Crippen molar-refractivity contribution in [2.45, 2.75) is 38.2 Å². The number of hydrogen-bond donors (Lipinski definition) is 6. The largest absolute Gasteiger partial charge is 0.465 e. The Hall–Kier alpha value is -3.18. The number of aliphatic hydroxyl groups is 4. The second-order valence-corrected chi connectivity index (χ2v) is 7.75. The predicted molar refractivity (Wildman–Crippen MR) is 111 cm³/mol. The van der Waals surface area contributed by atoms with Gasteiger partial charge >= 0.3 is 23.9 Å². The van der Waals surface area contributed by atoms with Gasteiger partial charge in [-0.25, -0.2) is 9.59 Å². The highest BCUT2D eigenvalue weighted by Crippen LogP contribution is 2.26. The maximum atomic E-state index is 11.8. The average Bonchev–Trinajstić information content (AvgIpc) is 2.65. The molecule has 2 aromatic carbocycles. The lowest BCUT2D eigenvalue weighted by atomic mass is 10.0. The van der Waals surface area contributed by atoms with Crippen molar-refractivity contribution in [3.63, 3.8) is 0 Å². The smallest absolute Gasteiger partial charge is 0.412 e. The van der Waals surface area contributed by atoms with Crippen LogP contribution in [-0.4, -0.2) is 57.0 Å². The molecule has 2 aromatic rings. The van der Waals surface area contributed by atoms with Gasteiger partial charge < -0.3 is 35.2 Å². The maximum Gasteiger partial charge on any atom is 0.412 e. The first-order valence-corrected chi connectivity index (χ1v) is 9.22. The highest BCUT2D eigenvalue weighted by molar-refractivity contribution is 5.91. The number of ether oxygens (including phenoxy) is 2. The molecule has 0 aromatic heterocycles. The Morgan fingerprint density at radius 3 is 2.03 bits per heavy atom. The first kappa shape index (κ1) is 24.1. The van der Waals surface area contributed by atoms with Crippen LogP contribution in [-0.2, 0) is 9.47 Å². The molecule has 0 aliphatic rings. The molecular weight excluding hydrogens is 408 g/mol. The maximum absolute atomic E-state index is 11.8. The number of amides is 1. The lowest BCUT2D eigenvalue weighted by Crippen LogP contribution is -2.68. The zero-order valence-corrected chi connectivity index (χ0v) is 17.5. The van der Waals surface area contributed by atoms with Gasteiger partial charge in [0.15, 0.2) is 0 Å². The van der Waals surface area contributed by atoms with Crippen LogP contribution in [0.2, 0.25) is 0 Å². The third kappa shape index (κ3) is 6.40. The zero-order valence-electron chi connectivity index (χ0n) is 17.5. The molecule has 0 bridgehead atoms. The van der Waals surface area contributed by atoms with E-state index in [4.69, 9.17) is 9.47 Å². The van der Waals surface area contributed by atoms with E-state index < -0.39 is 29.5 Å². The number of anilines is 1. The van der Waals surface area contributed by atoms with Crippen molar-refractivity contribution in [3.05, 3.63) is 54.1 Å². The number of carbonyl (C=O) groups excluding carboxylic acids is 2. The van der Waals surface area contributed by atoms with Crippen LogP contribution in [0, 0.1) is 0 Å². The molecule has 6 N–H and O–H groups in total. The van der Waals surface area contributed by atoms with E-state index in [1.54, 1.807) is 62.5 Å². The highest BCUT2D eigenvalue weighted by atomic mass is 16.6. The molecule has 168 valence electrons. The van der Waals surface area contributed by atoms with E-state index in [1.165, 1.54) is 19.2 Å². The van der Waals surface area contributed by atoms with Gasteiger partial charge in [0.05, 0.1) is 12.7 Å². The minimum atomic E-state index is -3.50. The normalized spacial score (nSPS) is 12.1. The van der Waals surface area contributed by atoms with E-state index in [0.717, 1.165) is 0 Å². The van der Waals surface area contributed by atoms with Crippen LogP contribution in [0.5, 0.6) is 0 Å². The van der Waals surface area contributed by atoms with Gasteiger partial charge in [-0.2, -0.15) is 0 Å². The number of rotatable bonds is 6. The fraction of sp³-hybridized carbons (Fsp3) is 0.333. The summed E-state index contributed by atoms with van der Waals surface area (Å²) in [5.74, 6) is -7.41. The monoisotopic (exact) mass is 434 g/mol. The van der Waals surface area contributed by atoms with Gasteiger partial charge in [0.25, 0.3) is 0 Å². The fourth-order valence-electron chi connectivity index (χ4n) is 2.54. The molecule has 2 rings (SSSR count). The van der Waals surface area contributed by atoms with Crippen molar-refractivity contribution in [2.24, 2.45) is 0 Å². The molecule has 31 heavy (non-hydrogen) atoms. The molecule has 0 heterocycles. The first-order chi connectivity index (χ1) is 14.2. The molecule has 0 radical (unpaired) electrons. The van der Waals surface area contributed by atoms with Crippen LogP contribution in [0.1, 0.15) is 31.1 Å². The Bertz CT molecular complexity index is 950. The molecule has 10 heteroatoms. The summed E-state index contributed by atoms with van der Waals surface area (Å²) in [7, 11) is 1.27. The highest BCUT2D eigenvalue weighted by Gasteiger charge is 2.50. The number of methoxy groups -OCH3 is 1. The third-order valence-corrected chi connectivity index (χ3v) is 3.96. The van der Waals surface area contributed by atoms with Crippen LogP contribution in [0.15, 0.2) is 48.5 Å². The van der Waals surface area contributed by atoms with E-state index in [1.807, 2.05) is 0 Å². The Kier molecular flexibility index (Phi) is 6.92. The quantitative estimate of drug-likeness (QED) is 0.292. The number of nitrogens with one attached hydrogen (secondary N) is 2. The van der Waals surface area contributed by atoms with Crippen LogP contribution >= 0.6 is 0 Å². The Labute approximate surface area is 179 Å². The topological polar surface area (TPSA) is 158 Å². The summed E-state index contributed by atoms with van der Waals surface area (Å²) in [6.45, 7) is 4.65. The van der Waals surface area contributed by atoms with Gasteiger partial charge in [0.2, 0.25) is 0 Å². The summed E-state index contributed by atoms with van der Waals surface area (Å²) in [5.41, 5.74) is 0.647. The second-order valence-electron chi connectivity index (χ2n) is 7.75. The summed E-state index contributed by atoms with van der Waals surface area (Å²) in [6.07, 6.45) is -1.28. The van der Waals surface area contributed by atoms with Gasteiger partial charge in [0.1, 0.15) is 5.60 Å². The molecule has 0 saturated carbocycles. The van der Waals surface area contributed by atoms with Gasteiger partial charge in [-0.1, -0.05) is 24.3 Å². The molecule has 0 fully saturated rings. The minimum absolute atomic E-state index is 0.0736. The van der Waals surface area contributed by atoms with E-state index in [0.29, 0.717) is 16.7 Å². The number of benzene rings is 2. The van der Waals surface area contributed by atoms with Crippen molar-refractivity contribution in [2.75, 3.05) is 12.4 Å². The zero-order chi connectivity index (χ0) is 23.4. The van der Waals surface area contributed by atoms with Crippen molar-refractivity contribution in [1.82, 2.24) is 5.32 Å². The standard InChI is InChI=1S/C21H26N2O8/c1-19(2,3)31-18(25)23-21(28,29)20(26,27)22-16-10-6-8-14(12-16)13-7-5-9-15(11-13)17(24)30-4/h5-12,22,26-29H,1-4H3,(H,23,25). The lowest BCUT2D eigenvalue weighted by molar-refractivity contribution is -0.352. The molecule has 0 unspecified atom stereocenters. The van der Waals surface area contributed by atoms with E-state index in [-0.39, 0.29) is 5.69 Å². The molecule has 0 saturated heterocycles. The van der Waals surface area contributed by atoms with E-state index in [2.05, 4.69) is 5.32 Å². The second kappa shape index (κ2) is 8.90. The third-order valence-electron chi connectivity index (χ3n) is 3.96. The predicted octanol–water partition coefficient (Wildman–Crippen LogP) is 1.35. The van der Waals surface area contributed by atoms with Gasteiger partial charge in [-0.15, -0.1) is 0 Å². The average molecular weight is 434 g/mol. The van der Waals surface area contributed by atoms with Gasteiger partial charge in [0, 0.05) is 5.69 Å². The van der Waals surface area contributed by atoms with Crippen molar-refractivity contribution in [1.29, 1.82) is 0 Å². The minimum Gasteiger partial charge on any atom is -0.465 e. The van der Waals surface area contributed by atoms with Gasteiger partial charge in [-0.3, -0.25) is 5.32 Å². The SMILES string of the molecule is COC(=O)c1cccc(-c2cccc(NC(O)(O)C(O)(O)NC(=O)OC(C)(C)C)c2)c1. The number of esters is 1. The lowest BCUT2D eigenvalue weighted by Gasteiger charge is -2.36. The van der Waals surface area contributed by atoms with Crippen LogP contribution in [0.25, 0.3) is 11.1 Å². The number of hydrogen-bond acceptors (Lipinski definition) is 9. The summed E-state index contributed by atoms with van der Waals surface area (Å²) >= 11 is 0. The van der Waals surface area contributed by atoms with Crippen molar-refractivity contribution >= 4 is 17.7 Å². The summed E-state index contributed by atoms with van der Waals surface area (Å²) in [6, 6.07) is 12.7. The number of alkyl carbamates (subject to hydrolysis) is 1. The van der Waals surface area contributed by atoms with E-state index >= 15 is 0 Å². The summed E-state index contributed by atoms with van der Waals surface area (Å²) < 4.78 is 9.58. The fourth-order valence-corrected chi connectivity index (χ4v) is 2.54. The van der Waals surface area contributed by atoms with E-state index in [9.17, 15) is 30.0 Å². The van der Waals surface area contributed by atoms with Crippen LogP contribution in [0.3, 0.4) is 0 Å². The molecule has 0 spiro atoms. The Morgan fingerprint density at radius 1 is 0.871 bits per heavy atom. The summed E-state index contributed by atoms with van der Waals surface area (Å²) in [5, 5.41) is 44.1. The molecule has 1 amide bonds. The van der Waals surface area contributed by atoms with Crippen LogP contribution < -0.4 is 10.6 Å². The molecule has 0 atom stereocenters. The molecule has 0 aliphatic heterocycles. The first-order valence-electron chi connectivity index (χ1n) is 9.22. The number of carbonyl (C=O) groups is 2. The van der Waals surface area contributed by atoms with Crippen molar-refractivity contribution < 1.29 is 39.5 Å². The Balaban J connectivity index is 2.23. The van der Waals surface area contributed by atoms with Crippen molar-refractivity contribution in [3.8, 4) is 11.1 Å². The summed E-state index contributed by atoms with van der Waals surface area (Å²) in [4.78, 5) is 23.5. The van der Waals surface area contributed by atoms with Crippen LogP contribution in [0.4, 0.5) is 10.5 Å². The Morgan fingerprint density at radius 2 is 1.45 bits per heavy atom. The molecular formula is C21H26N2O8. The molecule has 0 aliphatic carbocycles.